The molecule has 4 nitrogen and oxygen atoms in total. The van der Waals surface area contributed by atoms with Crippen LogP contribution < -0.4 is 10.6 Å². The predicted octanol–water partition coefficient (Wildman–Crippen LogP) is 1.53. The average molecular weight is 220 g/mol. The zero-order valence-corrected chi connectivity index (χ0v) is 10.1. The summed E-state index contributed by atoms with van der Waals surface area (Å²) < 4.78 is 0. The maximum Gasteiger partial charge on any atom is 0.133 e. The Bertz CT molecular complexity index is 343. The van der Waals surface area contributed by atoms with E-state index in [2.05, 4.69) is 28.7 Å². The Labute approximate surface area is 96.9 Å². The van der Waals surface area contributed by atoms with Gasteiger partial charge in [-0.2, -0.15) is 0 Å². The highest BCUT2D eigenvalue weighted by molar-refractivity contribution is 5.38. The Morgan fingerprint density at radius 2 is 2.06 bits per heavy atom. The van der Waals surface area contributed by atoms with Crippen molar-refractivity contribution >= 4 is 5.82 Å². The standard InChI is InChI=1S/C12H20N4/c1-9(2)12-14-6-3-11(15-12)16-7-4-10(13)5-8-16/h3,6,9-10H,4-5,7-8,13H2,1-2H3. The lowest BCUT2D eigenvalue weighted by Gasteiger charge is -2.31. The van der Waals surface area contributed by atoms with Gasteiger partial charge in [0, 0.05) is 31.2 Å². The Morgan fingerprint density at radius 1 is 1.38 bits per heavy atom. The van der Waals surface area contributed by atoms with E-state index in [1.807, 2.05) is 12.3 Å². The second kappa shape index (κ2) is 4.78. The fourth-order valence-corrected chi connectivity index (χ4v) is 1.95. The number of rotatable bonds is 2. The molecule has 1 aromatic heterocycles. The molecule has 0 aromatic carbocycles. The van der Waals surface area contributed by atoms with E-state index in [-0.39, 0.29) is 0 Å². The minimum atomic E-state index is 0.364. The fourth-order valence-electron chi connectivity index (χ4n) is 1.95. The normalized spacial score (nSPS) is 18.1. The molecule has 0 unspecified atom stereocenters. The molecule has 1 saturated heterocycles. The highest BCUT2D eigenvalue weighted by Gasteiger charge is 2.17. The van der Waals surface area contributed by atoms with Gasteiger partial charge in [-0.25, -0.2) is 9.97 Å². The molecule has 0 radical (unpaired) electrons. The van der Waals surface area contributed by atoms with Crippen molar-refractivity contribution in [3.8, 4) is 0 Å². The lowest BCUT2D eigenvalue weighted by Crippen LogP contribution is -2.40. The number of piperidine rings is 1. The minimum Gasteiger partial charge on any atom is -0.356 e. The Morgan fingerprint density at radius 3 is 2.69 bits per heavy atom. The summed E-state index contributed by atoms with van der Waals surface area (Å²) in [5.41, 5.74) is 5.89. The molecule has 1 aliphatic heterocycles. The zero-order valence-electron chi connectivity index (χ0n) is 10.1. The van der Waals surface area contributed by atoms with Crippen LogP contribution in [0.4, 0.5) is 5.82 Å². The molecule has 0 atom stereocenters. The topological polar surface area (TPSA) is 55.0 Å². The van der Waals surface area contributed by atoms with E-state index in [0.717, 1.165) is 37.6 Å². The number of aromatic nitrogens is 2. The van der Waals surface area contributed by atoms with Crippen molar-refractivity contribution < 1.29 is 0 Å². The van der Waals surface area contributed by atoms with E-state index in [0.29, 0.717) is 12.0 Å². The van der Waals surface area contributed by atoms with Crippen molar-refractivity contribution in [2.45, 2.75) is 38.6 Å². The Balaban J connectivity index is 2.11. The summed E-state index contributed by atoms with van der Waals surface area (Å²) >= 11 is 0. The van der Waals surface area contributed by atoms with Gasteiger partial charge in [-0.1, -0.05) is 13.8 Å². The summed E-state index contributed by atoms with van der Waals surface area (Å²) in [6.45, 7) is 6.25. The van der Waals surface area contributed by atoms with Crippen LogP contribution >= 0.6 is 0 Å². The Hall–Kier alpha value is -1.16. The number of nitrogens with two attached hydrogens (primary N) is 1. The molecular formula is C12H20N4. The number of nitrogens with zero attached hydrogens (tertiary/aromatic N) is 3. The maximum atomic E-state index is 5.89. The van der Waals surface area contributed by atoms with E-state index < -0.39 is 0 Å². The van der Waals surface area contributed by atoms with Gasteiger partial charge in [-0.05, 0) is 18.9 Å². The number of anilines is 1. The second-order valence-corrected chi connectivity index (χ2v) is 4.75. The van der Waals surface area contributed by atoms with Gasteiger partial charge in [0.1, 0.15) is 11.6 Å². The lowest BCUT2D eigenvalue weighted by atomic mass is 10.1. The van der Waals surface area contributed by atoms with Gasteiger partial charge in [0.25, 0.3) is 0 Å². The lowest BCUT2D eigenvalue weighted by molar-refractivity contribution is 0.497. The molecule has 0 bridgehead atoms. The van der Waals surface area contributed by atoms with Crippen LogP contribution in [0.3, 0.4) is 0 Å². The molecule has 2 heterocycles. The fraction of sp³-hybridized carbons (Fsp3) is 0.667. The molecule has 1 aromatic rings. The first-order valence-corrected chi connectivity index (χ1v) is 6.00. The smallest absolute Gasteiger partial charge is 0.133 e. The third-order valence-electron chi connectivity index (χ3n) is 3.04. The third kappa shape index (κ3) is 2.50. The Kier molecular flexibility index (Phi) is 3.39. The third-order valence-corrected chi connectivity index (χ3v) is 3.04. The first-order valence-electron chi connectivity index (χ1n) is 6.00. The van der Waals surface area contributed by atoms with Gasteiger partial charge in [-0.3, -0.25) is 0 Å². The molecule has 2 N–H and O–H groups in total. The number of hydrogen-bond acceptors (Lipinski definition) is 4. The SMILES string of the molecule is CC(C)c1nccc(N2CCC(N)CC2)n1. The van der Waals surface area contributed by atoms with Crippen molar-refractivity contribution in [3.63, 3.8) is 0 Å². The zero-order chi connectivity index (χ0) is 11.5. The number of hydrogen-bond donors (Lipinski definition) is 1. The van der Waals surface area contributed by atoms with Crippen LogP contribution in [-0.2, 0) is 0 Å². The predicted molar refractivity (Wildman–Crippen MR) is 65.5 cm³/mol. The van der Waals surface area contributed by atoms with Crippen molar-refractivity contribution in [3.05, 3.63) is 18.1 Å². The quantitative estimate of drug-likeness (QED) is 0.821. The molecule has 0 saturated carbocycles. The van der Waals surface area contributed by atoms with Gasteiger partial charge >= 0.3 is 0 Å². The monoisotopic (exact) mass is 220 g/mol. The molecule has 0 spiro atoms. The first kappa shape index (κ1) is 11.3. The van der Waals surface area contributed by atoms with Gasteiger partial charge in [0.05, 0.1) is 0 Å². The highest BCUT2D eigenvalue weighted by atomic mass is 15.2. The molecule has 2 rings (SSSR count). The van der Waals surface area contributed by atoms with Crippen molar-refractivity contribution in [2.24, 2.45) is 5.73 Å². The van der Waals surface area contributed by atoms with E-state index >= 15 is 0 Å². The maximum absolute atomic E-state index is 5.89. The summed E-state index contributed by atoms with van der Waals surface area (Å²) in [6, 6.07) is 2.35. The first-order chi connectivity index (χ1) is 7.66. The van der Waals surface area contributed by atoms with Crippen LogP contribution in [0, 0.1) is 0 Å². The molecule has 1 fully saturated rings. The van der Waals surface area contributed by atoms with Crippen molar-refractivity contribution in [1.29, 1.82) is 0 Å². The van der Waals surface area contributed by atoms with E-state index in [1.54, 1.807) is 0 Å². The van der Waals surface area contributed by atoms with Gasteiger partial charge < -0.3 is 10.6 Å². The van der Waals surface area contributed by atoms with E-state index in [9.17, 15) is 0 Å². The van der Waals surface area contributed by atoms with Crippen molar-refractivity contribution in [1.82, 2.24) is 9.97 Å². The van der Waals surface area contributed by atoms with Gasteiger partial charge in [0.2, 0.25) is 0 Å². The van der Waals surface area contributed by atoms with Gasteiger partial charge in [0.15, 0.2) is 0 Å². The summed E-state index contributed by atoms with van der Waals surface area (Å²) in [5, 5.41) is 0. The van der Waals surface area contributed by atoms with Crippen LogP contribution in [0.1, 0.15) is 38.4 Å². The van der Waals surface area contributed by atoms with Crippen LogP contribution in [0.5, 0.6) is 0 Å². The van der Waals surface area contributed by atoms with Crippen LogP contribution in [0.25, 0.3) is 0 Å². The van der Waals surface area contributed by atoms with Crippen LogP contribution in [-0.4, -0.2) is 29.1 Å². The molecule has 0 aliphatic carbocycles. The summed E-state index contributed by atoms with van der Waals surface area (Å²) in [4.78, 5) is 11.2. The van der Waals surface area contributed by atoms with Gasteiger partial charge in [-0.15, -0.1) is 0 Å². The van der Waals surface area contributed by atoms with E-state index in [1.165, 1.54) is 0 Å². The molecule has 0 amide bonds. The molecule has 88 valence electrons. The minimum absolute atomic E-state index is 0.364. The molecule has 1 aliphatic rings. The summed E-state index contributed by atoms with van der Waals surface area (Å²) in [5.74, 6) is 2.35. The molecule has 16 heavy (non-hydrogen) atoms. The van der Waals surface area contributed by atoms with Crippen LogP contribution in [0.15, 0.2) is 12.3 Å². The highest BCUT2D eigenvalue weighted by Crippen LogP contribution is 2.18. The largest absolute Gasteiger partial charge is 0.356 e. The summed E-state index contributed by atoms with van der Waals surface area (Å²) in [7, 11) is 0. The summed E-state index contributed by atoms with van der Waals surface area (Å²) in [6.07, 6.45) is 3.97. The van der Waals surface area contributed by atoms with Crippen LogP contribution in [0.2, 0.25) is 0 Å². The van der Waals surface area contributed by atoms with E-state index in [4.69, 9.17) is 5.73 Å². The molecule has 4 heteroatoms. The average Bonchev–Trinajstić information content (AvgIpc) is 2.30. The second-order valence-electron chi connectivity index (χ2n) is 4.75. The van der Waals surface area contributed by atoms with Crippen molar-refractivity contribution in [2.75, 3.05) is 18.0 Å². The molecular weight excluding hydrogens is 200 g/mol.